The molecule has 0 amide bonds. The number of carbonyl (C=O) groups is 1. The van der Waals surface area contributed by atoms with Crippen LogP contribution in [-0.4, -0.2) is 15.8 Å². The molecule has 0 saturated heterocycles. The van der Waals surface area contributed by atoms with Crippen LogP contribution >= 0.6 is 0 Å². The highest BCUT2D eigenvalue weighted by molar-refractivity contribution is 5.77. The van der Waals surface area contributed by atoms with Gasteiger partial charge in [-0.15, -0.1) is 0 Å². The Morgan fingerprint density at radius 3 is 2.45 bits per heavy atom. The first kappa shape index (κ1) is 7.85. The van der Waals surface area contributed by atoms with E-state index in [1.165, 1.54) is 6.92 Å². The van der Waals surface area contributed by atoms with Gasteiger partial charge in [0.2, 0.25) is 0 Å². The van der Waals surface area contributed by atoms with Gasteiger partial charge in [-0.3, -0.25) is 4.79 Å². The van der Waals surface area contributed by atoms with Gasteiger partial charge in [0.15, 0.2) is 0 Å². The number of hydrogen-bond donors (Lipinski definition) is 0. The van der Waals surface area contributed by atoms with Gasteiger partial charge in [0.05, 0.1) is 6.42 Å². The molecule has 3 nitrogen and oxygen atoms in total. The zero-order valence-electron chi connectivity index (χ0n) is 6.66. The zero-order chi connectivity index (χ0) is 8.27. The lowest BCUT2D eigenvalue weighted by atomic mass is 10.3. The van der Waals surface area contributed by atoms with Gasteiger partial charge in [0.1, 0.15) is 11.6 Å². The summed E-state index contributed by atoms with van der Waals surface area (Å²) >= 11 is 0. The molecule has 0 saturated carbocycles. The summed E-state index contributed by atoms with van der Waals surface area (Å²) in [6.07, 6.45) is 3.76. The van der Waals surface area contributed by atoms with Gasteiger partial charge in [-0.2, -0.15) is 0 Å². The van der Waals surface area contributed by atoms with Crippen LogP contribution in [0.5, 0.6) is 0 Å². The second kappa shape index (κ2) is 3.23. The molecule has 0 aliphatic carbocycles. The Labute approximate surface area is 65.5 Å². The number of ketones is 1. The molecule has 0 aromatic carbocycles. The minimum atomic E-state index is 0.0915. The van der Waals surface area contributed by atoms with Crippen molar-refractivity contribution in [3.8, 4) is 0 Å². The van der Waals surface area contributed by atoms with Crippen molar-refractivity contribution in [1.82, 2.24) is 9.97 Å². The number of hydrogen-bond acceptors (Lipinski definition) is 3. The maximum atomic E-state index is 10.6. The molecule has 3 heteroatoms. The molecule has 0 radical (unpaired) electrons. The maximum Gasteiger partial charge on any atom is 0.137 e. The first-order chi connectivity index (χ1) is 5.18. The van der Waals surface area contributed by atoms with Crippen LogP contribution < -0.4 is 0 Å². The molecule has 11 heavy (non-hydrogen) atoms. The number of rotatable bonds is 2. The van der Waals surface area contributed by atoms with E-state index in [4.69, 9.17) is 0 Å². The number of aromatic nitrogens is 2. The topological polar surface area (TPSA) is 42.9 Å². The van der Waals surface area contributed by atoms with E-state index in [0.29, 0.717) is 12.2 Å². The summed E-state index contributed by atoms with van der Waals surface area (Å²) in [5.74, 6) is 0.692. The van der Waals surface area contributed by atoms with E-state index in [2.05, 4.69) is 9.97 Å². The van der Waals surface area contributed by atoms with Gasteiger partial charge in [-0.1, -0.05) is 0 Å². The molecule has 0 unspecified atom stereocenters. The van der Waals surface area contributed by atoms with Crippen LogP contribution in [-0.2, 0) is 11.2 Å². The predicted molar refractivity (Wildman–Crippen MR) is 41.2 cm³/mol. The number of Topliss-reactive ketones (excluding diaryl/α,β-unsaturated/α-hetero) is 1. The standard InChI is InChI=1S/C8H10N2O/c1-6-4-9-8(10-5-6)3-7(2)11/h4-5H,3H2,1-2H3. The third-order valence-electron chi connectivity index (χ3n) is 1.24. The van der Waals surface area contributed by atoms with E-state index in [-0.39, 0.29) is 5.78 Å². The van der Waals surface area contributed by atoms with E-state index in [0.717, 1.165) is 5.56 Å². The van der Waals surface area contributed by atoms with Crippen LogP contribution in [0.15, 0.2) is 12.4 Å². The molecular weight excluding hydrogens is 140 g/mol. The molecule has 0 fully saturated rings. The van der Waals surface area contributed by atoms with Gasteiger partial charge >= 0.3 is 0 Å². The highest BCUT2D eigenvalue weighted by Crippen LogP contribution is 1.94. The molecule has 0 atom stereocenters. The highest BCUT2D eigenvalue weighted by atomic mass is 16.1. The summed E-state index contributed by atoms with van der Waals surface area (Å²) in [4.78, 5) is 18.6. The second-order valence-corrected chi connectivity index (χ2v) is 2.56. The summed E-state index contributed by atoms with van der Waals surface area (Å²) in [7, 11) is 0. The average molecular weight is 150 g/mol. The third kappa shape index (κ3) is 2.45. The Kier molecular flexibility index (Phi) is 2.31. The second-order valence-electron chi connectivity index (χ2n) is 2.56. The Hall–Kier alpha value is -1.25. The molecule has 0 aliphatic heterocycles. The minimum absolute atomic E-state index is 0.0915. The monoisotopic (exact) mass is 150 g/mol. The van der Waals surface area contributed by atoms with Crippen molar-refractivity contribution in [2.75, 3.05) is 0 Å². The van der Waals surface area contributed by atoms with Crippen LogP contribution in [0.1, 0.15) is 18.3 Å². The fourth-order valence-electron chi connectivity index (χ4n) is 0.733. The number of aryl methyl sites for hydroxylation is 1. The lowest BCUT2D eigenvalue weighted by molar-refractivity contribution is -0.116. The molecule has 58 valence electrons. The van der Waals surface area contributed by atoms with E-state index in [1.807, 2.05) is 6.92 Å². The zero-order valence-corrected chi connectivity index (χ0v) is 6.66. The average Bonchev–Trinajstić information content (AvgIpc) is 1.93. The van der Waals surface area contributed by atoms with E-state index >= 15 is 0 Å². The van der Waals surface area contributed by atoms with Crippen molar-refractivity contribution in [2.45, 2.75) is 20.3 Å². The van der Waals surface area contributed by atoms with Crippen molar-refractivity contribution < 1.29 is 4.79 Å². The smallest absolute Gasteiger partial charge is 0.137 e. The van der Waals surface area contributed by atoms with Crippen LogP contribution in [0.3, 0.4) is 0 Å². The number of nitrogens with zero attached hydrogens (tertiary/aromatic N) is 2. The Balaban J connectivity index is 2.74. The van der Waals surface area contributed by atoms with Crippen LogP contribution in [0.2, 0.25) is 0 Å². The fraction of sp³-hybridized carbons (Fsp3) is 0.375. The Bertz CT molecular complexity index is 253. The summed E-state index contributed by atoms with van der Waals surface area (Å²) in [5, 5.41) is 0. The maximum absolute atomic E-state index is 10.6. The number of carbonyl (C=O) groups excluding carboxylic acids is 1. The van der Waals surface area contributed by atoms with Gasteiger partial charge < -0.3 is 0 Å². The Morgan fingerprint density at radius 1 is 1.45 bits per heavy atom. The lowest BCUT2D eigenvalue weighted by Gasteiger charge is -1.94. The molecule has 1 rings (SSSR count). The van der Waals surface area contributed by atoms with E-state index < -0.39 is 0 Å². The van der Waals surface area contributed by atoms with E-state index in [1.54, 1.807) is 12.4 Å². The fourth-order valence-corrected chi connectivity index (χ4v) is 0.733. The highest BCUT2D eigenvalue weighted by Gasteiger charge is 1.98. The largest absolute Gasteiger partial charge is 0.300 e. The van der Waals surface area contributed by atoms with Crippen LogP contribution in [0.25, 0.3) is 0 Å². The van der Waals surface area contributed by atoms with Crippen molar-refractivity contribution in [3.63, 3.8) is 0 Å². The molecule has 0 N–H and O–H groups in total. The Morgan fingerprint density at radius 2 is 2.00 bits per heavy atom. The first-order valence-corrected chi connectivity index (χ1v) is 3.45. The van der Waals surface area contributed by atoms with Gasteiger partial charge in [-0.25, -0.2) is 9.97 Å². The normalized spacial score (nSPS) is 9.64. The van der Waals surface area contributed by atoms with Crippen molar-refractivity contribution in [1.29, 1.82) is 0 Å². The lowest BCUT2D eigenvalue weighted by Crippen LogP contribution is -2.01. The molecule has 1 aromatic heterocycles. The van der Waals surface area contributed by atoms with E-state index in [9.17, 15) is 4.79 Å². The van der Waals surface area contributed by atoms with Crippen molar-refractivity contribution in [2.24, 2.45) is 0 Å². The SMILES string of the molecule is CC(=O)Cc1ncc(C)cn1. The molecule has 1 heterocycles. The molecule has 0 bridgehead atoms. The van der Waals surface area contributed by atoms with Crippen molar-refractivity contribution >= 4 is 5.78 Å². The third-order valence-corrected chi connectivity index (χ3v) is 1.24. The van der Waals surface area contributed by atoms with Crippen LogP contribution in [0.4, 0.5) is 0 Å². The summed E-state index contributed by atoms with van der Waals surface area (Å²) in [5.41, 5.74) is 1.01. The summed E-state index contributed by atoms with van der Waals surface area (Å²) in [6.45, 7) is 3.45. The van der Waals surface area contributed by atoms with Gasteiger partial charge in [0, 0.05) is 12.4 Å². The van der Waals surface area contributed by atoms with Gasteiger partial charge in [-0.05, 0) is 19.4 Å². The molecular formula is C8H10N2O. The van der Waals surface area contributed by atoms with Gasteiger partial charge in [0.25, 0.3) is 0 Å². The molecule has 0 spiro atoms. The quantitative estimate of drug-likeness (QED) is 0.629. The minimum Gasteiger partial charge on any atom is -0.300 e. The van der Waals surface area contributed by atoms with Crippen LogP contribution in [0, 0.1) is 6.92 Å². The first-order valence-electron chi connectivity index (χ1n) is 3.45. The summed E-state index contributed by atoms with van der Waals surface area (Å²) in [6, 6.07) is 0. The van der Waals surface area contributed by atoms with Crippen molar-refractivity contribution in [3.05, 3.63) is 23.8 Å². The predicted octanol–water partition coefficient (Wildman–Crippen LogP) is 0.917. The summed E-state index contributed by atoms with van der Waals surface area (Å²) < 4.78 is 0. The molecule has 0 aliphatic rings. The molecule has 1 aromatic rings.